The molecule has 1 N–H and O–H groups in total. The van der Waals surface area contributed by atoms with Gasteiger partial charge >= 0.3 is 0 Å². The van der Waals surface area contributed by atoms with E-state index in [2.05, 4.69) is 32.9 Å². The van der Waals surface area contributed by atoms with Gasteiger partial charge < -0.3 is 9.52 Å². The molecule has 0 saturated carbocycles. The van der Waals surface area contributed by atoms with Crippen LogP contribution in [-0.2, 0) is 11.8 Å². The van der Waals surface area contributed by atoms with E-state index in [0.29, 0.717) is 0 Å². The van der Waals surface area contributed by atoms with Crippen molar-refractivity contribution in [3.8, 4) is 0 Å². The molecule has 0 aliphatic carbocycles. The normalized spacial score (nSPS) is 13.5. The smallest absolute Gasteiger partial charge is 0.109 e. The van der Waals surface area contributed by atoms with Crippen LogP contribution < -0.4 is 0 Å². The summed E-state index contributed by atoms with van der Waals surface area (Å²) in [7, 11) is 0. The van der Waals surface area contributed by atoms with Crippen molar-refractivity contribution in [2.45, 2.75) is 45.6 Å². The summed E-state index contributed by atoms with van der Waals surface area (Å²) in [5.74, 6) is 0.854. The Hall–Kier alpha value is -1.54. The first-order valence-corrected chi connectivity index (χ1v) is 6.78. The molecule has 0 fully saturated rings. The Labute approximate surface area is 115 Å². The molecule has 0 spiro atoms. The van der Waals surface area contributed by atoms with Crippen molar-refractivity contribution in [2.75, 3.05) is 0 Å². The van der Waals surface area contributed by atoms with E-state index in [1.165, 1.54) is 5.56 Å². The first kappa shape index (κ1) is 13.9. The van der Waals surface area contributed by atoms with Crippen LogP contribution in [-0.4, -0.2) is 5.11 Å². The molecule has 0 saturated heterocycles. The van der Waals surface area contributed by atoms with E-state index in [9.17, 15) is 5.11 Å². The third-order valence-corrected chi connectivity index (χ3v) is 3.49. The maximum atomic E-state index is 10.4. The highest BCUT2D eigenvalue weighted by molar-refractivity contribution is 5.34. The monoisotopic (exact) mass is 258 g/mol. The van der Waals surface area contributed by atoms with Crippen molar-refractivity contribution < 1.29 is 9.52 Å². The minimum absolute atomic E-state index is 0.133. The minimum Gasteiger partial charge on any atom is -0.469 e. The largest absolute Gasteiger partial charge is 0.469 e. The summed E-state index contributed by atoms with van der Waals surface area (Å²) < 4.78 is 5.37. The SMILES string of the molecule is CCc1occc1C(O)c1ccc(C(C)(C)C)cc1. The fourth-order valence-electron chi connectivity index (χ4n) is 2.23. The van der Waals surface area contributed by atoms with E-state index in [4.69, 9.17) is 4.42 Å². The van der Waals surface area contributed by atoms with E-state index >= 15 is 0 Å². The lowest BCUT2D eigenvalue weighted by Crippen LogP contribution is -2.11. The fourth-order valence-corrected chi connectivity index (χ4v) is 2.23. The number of aliphatic hydroxyl groups is 1. The van der Waals surface area contributed by atoms with E-state index in [-0.39, 0.29) is 5.41 Å². The third-order valence-electron chi connectivity index (χ3n) is 3.49. The van der Waals surface area contributed by atoms with Crippen molar-refractivity contribution in [1.29, 1.82) is 0 Å². The quantitative estimate of drug-likeness (QED) is 0.894. The van der Waals surface area contributed by atoms with E-state index in [1.807, 2.05) is 25.1 Å². The Kier molecular flexibility index (Phi) is 3.81. The lowest BCUT2D eigenvalue weighted by Gasteiger charge is -2.20. The van der Waals surface area contributed by atoms with Crippen LogP contribution in [0.4, 0.5) is 0 Å². The second-order valence-electron chi connectivity index (χ2n) is 5.93. The van der Waals surface area contributed by atoms with Crippen LogP contribution in [0, 0.1) is 0 Å². The maximum Gasteiger partial charge on any atom is 0.109 e. The number of hydrogen-bond acceptors (Lipinski definition) is 2. The number of hydrogen-bond donors (Lipinski definition) is 1. The van der Waals surface area contributed by atoms with Gasteiger partial charge in [0.25, 0.3) is 0 Å². The van der Waals surface area contributed by atoms with Crippen LogP contribution in [0.5, 0.6) is 0 Å². The van der Waals surface area contributed by atoms with Gasteiger partial charge in [-0.1, -0.05) is 52.0 Å². The molecule has 1 unspecified atom stereocenters. The molecule has 2 rings (SSSR count). The van der Waals surface area contributed by atoms with Gasteiger partial charge in [0.15, 0.2) is 0 Å². The molecule has 0 bridgehead atoms. The highest BCUT2D eigenvalue weighted by Gasteiger charge is 2.18. The van der Waals surface area contributed by atoms with Gasteiger partial charge in [0.2, 0.25) is 0 Å². The van der Waals surface area contributed by atoms with Gasteiger partial charge in [0.05, 0.1) is 6.26 Å². The zero-order valence-corrected chi connectivity index (χ0v) is 12.1. The van der Waals surface area contributed by atoms with Gasteiger partial charge in [-0.3, -0.25) is 0 Å². The predicted molar refractivity (Wildman–Crippen MR) is 77.3 cm³/mol. The number of aliphatic hydroxyl groups excluding tert-OH is 1. The highest BCUT2D eigenvalue weighted by atomic mass is 16.3. The van der Waals surface area contributed by atoms with Gasteiger partial charge in [0, 0.05) is 12.0 Å². The molecule has 102 valence electrons. The lowest BCUT2D eigenvalue weighted by molar-refractivity contribution is 0.217. The predicted octanol–water partition coefficient (Wildman–Crippen LogP) is 4.22. The molecule has 0 aliphatic heterocycles. The number of rotatable bonds is 3. The molecule has 19 heavy (non-hydrogen) atoms. The van der Waals surface area contributed by atoms with E-state index < -0.39 is 6.10 Å². The second kappa shape index (κ2) is 5.22. The Morgan fingerprint density at radius 1 is 1.11 bits per heavy atom. The van der Waals surface area contributed by atoms with Crippen molar-refractivity contribution in [3.05, 3.63) is 59.0 Å². The molecule has 0 radical (unpaired) electrons. The molecule has 1 aromatic carbocycles. The summed E-state index contributed by atoms with van der Waals surface area (Å²) in [6.07, 6.45) is 1.82. The first-order chi connectivity index (χ1) is 8.93. The number of benzene rings is 1. The molecule has 2 aromatic rings. The molecule has 0 amide bonds. The molecule has 2 heteroatoms. The standard InChI is InChI=1S/C17H22O2/c1-5-15-14(10-11-19-15)16(18)12-6-8-13(9-7-12)17(2,3)4/h6-11,16,18H,5H2,1-4H3. The van der Waals surface area contributed by atoms with Gasteiger partial charge in [-0.05, 0) is 22.6 Å². The van der Waals surface area contributed by atoms with Crippen LogP contribution in [0.3, 0.4) is 0 Å². The molecule has 1 heterocycles. The molecular formula is C17H22O2. The Balaban J connectivity index is 2.28. The van der Waals surface area contributed by atoms with Crippen LogP contribution in [0.2, 0.25) is 0 Å². The fraction of sp³-hybridized carbons (Fsp3) is 0.412. The van der Waals surface area contributed by atoms with Gasteiger partial charge in [0.1, 0.15) is 11.9 Å². The van der Waals surface area contributed by atoms with Crippen molar-refractivity contribution in [2.24, 2.45) is 0 Å². The Morgan fingerprint density at radius 2 is 1.74 bits per heavy atom. The zero-order valence-electron chi connectivity index (χ0n) is 12.1. The molecule has 1 atom stereocenters. The summed E-state index contributed by atoms with van der Waals surface area (Å²) in [5, 5.41) is 10.4. The second-order valence-corrected chi connectivity index (χ2v) is 5.93. The topological polar surface area (TPSA) is 33.4 Å². The Bertz CT molecular complexity index is 529. The van der Waals surface area contributed by atoms with E-state index in [0.717, 1.165) is 23.3 Å². The van der Waals surface area contributed by atoms with Crippen molar-refractivity contribution >= 4 is 0 Å². The molecule has 2 nitrogen and oxygen atoms in total. The van der Waals surface area contributed by atoms with Crippen LogP contribution in [0.15, 0.2) is 41.0 Å². The minimum atomic E-state index is -0.609. The highest BCUT2D eigenvalue weighted by Crippen LogP contribution is 2.28. The third kappa shape index (κ3) is 2.90. The summed E-state index contributed by atoms with van der Waals surface area (Å²) in [4.78, 5) is 0. The van der Waals surface area contributed by atoms with Crippen LogP contribution in [0.1, 0.15) is 56.2 Å². The Morgan fingerprint density at radius 3 is 2.26 bits per heavy atom. The lowest BCUT2D eigenvalue weighted by atomic mass is 9.86. The first-order valence-electron chi connectivity index (χ1n) is 6.78. The van der Waals surface area contributed by atoms with Crippen molar-refractivity contribution in [3.63, 3.8) is 0 Å². The number of aryl methyl sites for hydroxylation is 1. The molecule has 0 aliphatic rings. The van der Waals surface area contributed by atoms with Gasteiger partial charge in [-0.25, -0.2) is 0 Å². The summed E-state index contributed by atoms with van der Waals surface area (Å²) in [5.41, 5.74) is 3.18. The summed E-state index contributed by atoms with van der Waals surface area (Å²) >= 11 is 0. The summed E-state index contributed by atoms with van der Waals surface area (Å²) in [6, 6.07) is 10.0. The van der Waals surface area contributed by atoms with Crippen molar-refractivity contribution in [1.82, 2.24) is 0 Å². The molecular weight excluding hydrogens is 236 g/mol. The average Bonchev–Trinajstić information content (AvgIpc) is 2.85. The number of furan rings is 1. The van der Waals surface area contributed by atoms with E-state index in [1.54, 1.807) is 6.26 Å². The summed E-state index contributed by atoms with van der Waals surface area (Å²) in [6.45, 7) is 8.58. The van der Waals surface area contributed by atoms with Gasteiger partial charge in [-0.15, -0.1) is 0 Å². The molecule has 1 aromatic heterocycles. The zero-order chi connectivity index (χ0) is 14.0. The van der Waals surface area contributed by atoms with Crippen LogP contribution in [0.25, 0.3) is 0 Å². The average molecular weight is 258 g/mol. The maximum absolute atomic E-state index is 10.4. The van der Waals surface area contributed by atoms with Crippen LogP contribution >= 0.6 is 0 Å². The van der Waals surface area contributed by atoms with Gasteiger partial charge in [-0.2, -0.15) is 0 Å².